The van der Waals surface area contributed by atoms with Crippen LogP contribution in [0.4, 0.5) is 4.39 Å². The lowest BCUT2D eigenvalue weighted by atomic mass is 9.44. The van der Waals surface area contributed by atoms with Gasteiger partial charge in [0.1, 0.15) is 18.9 Å². The molecule has 3 saturated carbocycles. The number of allylic oxidation sites excluding steroid dienone is 4. The Balaban J connectivity index is 1.27. The molecule has 2 N–H and O–H groups in total. The molecule has 1 saturated heterocycles. The summed E-state index contributed by atoms with van der Waals surface area (Å²) in [4.78, 5) is 21.5. The van der Waals surface area contributed by atoms with Crippen LogP contribution in [0.5, 0.6) is 0 Å². The smallest absolute Gasteiger partial charge is 0.193 e. The van der Waals surface area contributed by atoms with E-state index in [-0.39, 0.29) is 12.3 Å². The summed E-state index contributed by atoms with van der Waals surface area (Å²) in [7, 11) is 0. The minimum absolute atomic E-state index is 0.0370. The summed E-state index contributed by atoms with van der Waals surface area (Å²) in [5, 5.41) is 26.0. The van der Waals surface area contributed by atoms with Gasteiger partial charge in [-0.1, -0.05) is 23.7 Å². The van der Waals surface area contributed by atoms with Gasteiger partial charge in [-0.2, -0.15) is 0 Å². The molecule has 4 aliphatic carbocycles. The van der Waals surface area contributed by atoms with Crippen LogP contribution in [0.3, 0.4) is 0 Å². The predicted octanol–water partition coefficient (Wildman–Crippen LogP) is 4.83. The number of ketones is 1. The summed E-state index contributed by atoms with van der Waals surface area (Å²) >= 11 is 1.75. The lowest BCUT2D eigenvalue weighted by Gasteiger charge is -2.62. The fraction of sp³-hybridized carbons (Fsp3) is 0.677. The number of oxime groups is 1. The maximum Gasteiger partial charge on any atom is 0.193 e. The fourth-order valence-electron chi connectivity index (χ4n) is 8.88. The monoisotopic (exact) mass is 573 g/mol. The Hall–Kier alpha value is -1.91. The average Bonchev–Trinajstić information content (AvgIpc) is 3.51. The Bertz CT molecular complexity index is 1300. The third-order valence-electron chi connectivity index (χ3n) is 10.6. The maximum atomic E-state index is 17.7. The first-order chi connectivity index (χ1) is 18.8. The standard InChI is InChI=1S/C31H40FNO6S/c1-18-6-8-21(40-18)11-13-37-33-20-10-12-28(4)19(14-20)7-9-22-23-15-26-31(25(36)17-34,39-27(2,3)38-26)29(23,5)16-24(35)30(22,28)32/h6,8,10,12,14,22-24,26,34-35H,7,9,11,13,15-17H2,1-5H3/b33-20-/t22-,23-,24-,26+,28-,29-,30-,31+/m0/s1. The molecule has 1 aliphatic heterocycles. The van der Waals surface area contributed by atoms with Gasteiger partial charge in [0, 0.05) is 32.9 Å². The van der Waals surface area contributed by atoms with Crippen LogP contribution in [0, 0.1) is 29.6 Å². The topological polar surface area (TPSA) is 97.6 Å². The minimum Gasteiger partial charge on any atom is -0.395 e. The Labute approximate surface area is 239 Å². The molecule has 218 valence electrons. The number of aliphatic hydroxyl groups excluding tert-OH is 2. The van der Waals surface area contributed by atoms with Crippen LogP contribution in [-0.2, 0) is 25.5 Å². The quantitative estimate of drug-likeness (QED) is 0.374. The lowest BCUT2D eigenvalue weighted by molar-refractivity contribution is -0.246. The second kappa shape index (κ2) is 9.30. The number of aliphatic hydroxyl groups is 2. The number of thiophene rings is 1. The summed E-state index contributed by atoms with van der Waals surface area (Å²) in [5.74, 6) is -2.24. The van der Waals surface area contributed by atoms with Crippen molar-refractivity contribution in [1.82, 2.24) is 0 Å². The van der Waals surface area contributed by atoms with Crippen molar-refractivity contribution in [1.29, 1.82) is 0 Å². The molecule has 0 spiro atoms. The van der Waals surface area contributed by atoms with Gasteiger partial charge in [-0.05, 0) is 83.6 Å². The molecule has 1 aromatic heterocycles. The van der Waals surface area contributed by atoms with Gasteiger partial charge in [0.15, 0.2) is 22.8 Å². The molecule has 2 heterocycles. The van der Waals surface area contributed by atoms with Crippen molar-refractivity contribution in [3.63, 3.8) is 0 Å². The highest BCUT2D eigenvalue weighted by Gasteiger charge is 2.79. The molecule has 6 rings (SSSR count). The Morgan fingerprint density at radius 2 is 2.02 bits per heavy atom. The second-order valence-corrected chi connectivity index (χ2v) is 14.5. The van der Waals surface area contributed by atoms with E-state index in [2.05, 4.69) is 24.2 Å². The maximum absolute atomic E-state index is 17.7. The van der Waals surface area contributed by atoms with E-state index < -0.39 is 58.4 Å². The number of alkyl halides is 1. The van der Waals surface area contributed by atoms with Crippen molar-refractivity contribution in [3.8, 4) is 0 Å². The lowest BCUT2D eigenvalue weighted by Crippen LogP contribution is -2.70. The van der Waals surface area contributed by atoms with Gasteiger partial charge in [0.2, 0.25) is 0 Å². The number of fused-ring (bicyclic) bond motifs is 7. The van der Waals surface area contributed by atoms with Gasteiger partial charge >= 0.3 is 0 Å². The number of Topliss-reactive ketones (excluding diaryl/α,β-unsaturated/α-hetero) is 1. The molecule has 8 atom stereocenters. The second-order valence-electron chi connectivity index (χ2n) is 13.1. The summed E-state index contributed by atoms with van der Waals surface area (Å²) in [6.07, 6.45) is 6.01. The number of aryl methyl sites for hydroxylation is 1. The van der Waals surface area contributed by atoms with Gasteiger partial charge in [-0.3, -0.25) is 4.79 Å². The van der Waals surface area contributed by atoms with Gasteiger partial charge in [-0.15, -0.1) is 11.3 Å². The molecular formula is C31H40FNO6S. The van der Waals surface area contributed by atoms with Gasteiger partial charge < -0.3 is 24.5 Å². The van der Waals surface area contributed by atoms with Crippen LogP contribution in [0.2, 0.25) is 0 Å². The molecule has 0 amide bonds. The number of nitrogens with zero attached hydrogens (tertiary/aromatic N) is 1. The highest BCUT2D eigenvalue weighted by atomic mass is 32.1. The molecule has 9 heteroatoms. The Morgan fingerprint density at radius 3 is 2.73 bits per heavy atom. The molecule has 0 unspecified atom stereocenters. The average molecular weight is 574 g/mol. The molecule has 4 fully saturated rings. The van der Waals surface area contributed by atoms with Crippen molar-refractivity contribution in [3.05, 3.63) is 45.7 Å². The highest BCUT2D eigenvalue weighted by Crippen LogP contribution is 2.72. The molecule has 0 radical (unpaired) electrons. The van der Waals surface area contributed by atoms with Crippen molar-refractivity contribution in [2.75, 3.05) is 13.2 Å². The summed E-state index contributed by atoms with van der Waals surface area (Å²) < 4.78 is 30.2. The molecule has 5 aliphatic rings. The van der Waals surface area contributed by atoms with Gasteiger partial charge in [0.25, 0.3) is 0 Å². The van der Waals surface area contributed by atoms with E-state index in [1.165, 1.54) is 9.75 Å². The van der Waals surface area contributed by atoms with Gasteiger partial charge in [-0.25, -0.2) is 4.39 Å². The van der Waals surface area contributed by atoms with Crippen LogP contribution in [0.15, 0.2) is 41.1 Å². The molecular weight excluding hydrogens is 533 g/mol. The van der Waals surface area contributed by atoms with Crippen molar-refractivity contribution in [2.24, 2.45) is 27.8 Å². The zero-order valence-electron chi connectivity index (χ0n) is 23.9. The SMILES string of the molecule is Cc1ccc(CCO/N=C2/C=C[C@@]3(C)C(=C2)CC[C@H]2[C@@H]4C[C@H]5OC(C)(C)O[C@@]5(C(=O)CO)[C@@]4(C)C[C@H](O)[C@@]23F)s1. The fourth-order valence-corrected chi connectivity index (χ4v) is 9.75. The summed E-state index contributed by atoms with van der Waals surface area (Å²) in [6, 6.07) is 4.19. The van der Waals surface area contributed by atoms with Crippen LogP contribution in [0.1, 0.15) is 63.1 Å². The third kappa shape index (κ3) is 3.73. The third-order valence-corrected chi connectivity index (χ3v) is 11.7. The van der Waals surface area contributed by atoms with Crippen LogP contribution in [0.25, 0.3) is 0 Å². The Morgan fingerprint density at radius 1 is 1.25 bits per heavy atom. The van der Waals surface area contributed by atoms with E-state index in [4.69, 9.17) is 14.3 Å². The first kappa shape index (κ1) is 28.2. The predicted molar refractivity (Wildman–Crippen MR) is 150 cm³/mol. The molecule has 0 aromatic carbocycles. The number of hydrogen-bond acceptors (Lipinski definition) is 8. The van der Waals surface area contributed by atoms with Gasteiger partial charge in [0.05, 0.1) is 12.2 Å². The van der Waals surface area contributed by atoms with E-state index in [1.807, 2.05) is 26.0 Å². The summed E-state index contributed by atoms with van der Waals surface area (Å²) in [5.41, 5.74) is -3.76. The zero-order valence-corrected chi connectivity index (χ0v) is 24.7. The molecule has 1 aromatic rings. The van der Waals surface area contributed by atoms with Crippen molar-refractivity contribution < 1.29 is 33.7 Å². The van der Waals surface area contributed by atoms with E-state index in [0.29, 0.717) is 31.6 Å². The van der Waals surface area contributed by atoms with Crippen LogP contribution in [-0.4, -0.2) is 64.2 Å². The Kier molecular flexibility index (Phi) is 6.56. The number of hydrogen-bond donors (Lipinski definition) is 2. The van der Waals surface area contributed by atoms with Crippen molar-refractivity contribution >= 4 is 22.8 Å². The highest BCUT2D eigenvalue weighted by molar-refractivity contribution is 7.11. The van der Waals surface area contributed by atoms with E-state index in [9.17, 15) is 15.0 Å². The normalized spacial score (nSPS) is 44.0. The van der Waals surface area contributed by atoms with E-state index >= 15 is 4.39 Å². The summed E-state index contributed by atoms with van der Waals surface area (Å²) in [6.45, 7) is 9.15. The van der Waals surface area contributed by atoms with E-state index in [0.717, 1.165) is 12.0 Å². The number of rotatable bonds is 6. The molecule has 40 heavy (non-hydrogen) atoms. The number of carbonyl (C=O) groups excluding carboxylic acids is 1. The minimum atomic E-state index is -1.95. The first-order valence-corrected chi connectivity index (χ1v) is 15.2. The van der Waals surface area contributed by atoms with E-state index in [1.54, 1.807) is 31.3 Å². The molecule has 0 bridgehead atoms. The van der Waals surface area contributed by atoms with Crippen molar-refractivity contribution in [2.45, 2.75) is 96.0 Å². The number of carbonyl (C=O) groups is 1. The number of halogens is 1. The van der Waals surface area contributed by atoms with Crippen LogP contribution < -0.4 is 0 Å². The zero-order chi connectivity index (χ0) is 28.7. The first-order valence-electron chi connectivity index (χ1n) is 14.4. The van der Waals surface area contributed by atoms with Crippen LogP contribution >= 0.6 is 11.3 Å². The molecule has 7 nitrogen and oxygen atoms in total. The number of ether oxygens (including phenoxy) is 2. The largest absolute Gasteiger partial charge is 0.395 e.